The van der Waals surface area contributed by atoms with Crippen LogP contribution >= 0.6 is 0 Å². The van der Waals surface area contributed by atoms with Gasteiger partial charge in [-0.25, -0.2) is 4.39 Å². The number of aryl methyl sites for hydroxylation is 1. The van der Waals surface area contributed by atoms with Crippen LogP contribution in [0.3, 0.4) is 0 Å². The van der Waals surface area contributed by atoms with Gasteiger partial charge in [0.2, 0.25) is 0 Å². The Morgan fingerprint density at radius 2 is 2.05 bits per heavy atom. The lowest BCUT2D eigenvalue weighted by Crippen LogP contribution is -2.31. The van der Waals surface area contributed by atoms with Gasteiger partial charge in [0, 0.05) is 18.7 Å². The fourth-order valence-electron chi connectivity index (χ4n) is 1.82. The lowest BCUT2D eigenvalue weighted by Gasteiger charge is -2.07. The molecule has 0 fully saturated rings. The van der Waals surface area contributed by atoms with Crippen molar-refractivity contribution in [1.29, 1.82) is 0 Å². The van der Waals surface area contributed by atoms with Gasteiger partial charge in [-0.15, -0.1) is 0 Å². The maximum atomic E-state index is 13.7. The zero-order valence-electron chi connectivity index (χ0n) is 11.1. The molecule has 0 aliphatic rings. The van der Waals surface area contributed by atoms with E-state index < -0.39 is 0 Å². The summed E-state index contributed by atoms with van der Waals surface area (Å²) in [5.74, 6) is -0.566. The van der Waals surface area contributed by atoms with Gasteiger partial charge in [0.15, 0.2) is 0 Å². The van der Waals surface area contributed by atoms with E-state index in [2.05, 4.69) is 10.4 Å². The third-order valence-electron chi connectivity index (χ3n) is 2.68. The summed E-state index contributed by atoms with van der Waals surface area (Å²) in [5.41, 5.74) is 1.25. The normalized spacial score (nSPS) is 10.8. The number of benzene rings is 1. The second-order valence-electron chi connectivity index (χ2n) is 4.65. The average Bonchev–Trinajstić information content (AvgIpc) is 2.71. The first-order valence-corrected chi connectivity index (χ1v) is 6.09. The zero-order chi connectivity index (χ0) is 14.0. The first-order chi connectivity index (χ1) is 8.99. The van der Waals surface area contributed by atoms with E-state index in [-0.39, 0.29) is 17.8 Å². The van der Waals surface area contributed by atoms with Gasteiger partial charge in [-0.1, -0.05) is 12.1 Å². The highest BCUT2D eigenvalue weighted by Crippen LogP contribution is 2.21. The van der Waals surface area contributed by atoms with Gasteiger partial charge in [0.1, 0.15) is 11.5 Å². The number of nitrogens with one attached hydrogen (secondary N) is 1. The van der Waals surface area contributed by atoms with Crippen LogP contribution in [-0.2, 0) is 7.05 Å². The molecule has 0 unspecified atom stereocenters. The lowest BCUT2D eigenvalue weighted by atomic mass is 10.1. The third kappa shape index (κ3) is 2.81. The number of carbonyl (C=O) groups excluding carboxylic acids is 1. The molecule has 1 N–H and O–H groups in total. The van der Waals surface area contributed by atoms with Gasteiger partial charge < -0.3 is 5.32 Å². The van der Waals surface area contributed by atoms with Crippen LogP contribution in [0.1, 0.15) is 24.3 Å². The number of hydrogen-bond donors (Lipinski definition) is 1. The molecule has 1 aromatic carbocycles. The maximum absolute atomic E-state index is 13.7. The summed E-state index contributed by atoms with van der Waals surface area (Å²) in [6.07, 6.45) is 0. The van der Waals surface area contributed by atoms with Crippen molar-refractivity contribution in [3.8, 4) is 11.3 Å². The highest BCUT2D eigenvalue weighted by molar-refractivity contribution is 5.93. The van der Waals surface area contributed by atoms with Crippen molar-refractivity contribution in [2.45, 2.75) is 19.9 Å². The molecule has 100 valence electrons. The van der Waals surface area contributed by atoms with E-state index in [9.17, 15) is 9.18 Å². The van der Waals surface area contributed by atoms with Gasteiger partial charge in [0.05, 0.1) is 5.69 Å². The van der Waals surface area contributed by atoms with Crippen molar-refractivity contribution in [1.82, 2.24) is 15.1 Å². The van der Waals surface area contributed by atoms with Gasteiger partial charge >= 0.3 is 0 Å². The second kappa shape index (κ2) is 5.22. The van der Waals surface area contributed by atoms with Crippen LogP contribution in [0.4, 0.5) is 4.39 Å². The lowest BCUT2D eigenvalue weighted by molar-refractivity contribution is 0.0933. The Morgan fingerprint density at radius 3 is 2.68 bits per heavy atom. The molecule has 0 radical (unpaired) electrons. The zero-order valence-corrected chi connectivity index (χ0v) is 11.1. The van der Waals surface area contributed by atoms with Gasteiger partial charge in [-0.05, 0) is 32.0 Å². The Hall–Kier alpha value is -2.17. The Morgan fingerprint density at radius 1 is 1.37 bits per heavy atom. The molecule has 0 spiro atoms. The topological polar surface area (TPSA) is 46.9 Å². The summed E-state index contributed by atoms with van der Waals surface area (Å²) in [4.78, 5) is 11.9. The summed E-state index contributed by atoms with van der Waals surface area (Å²) in [6.45, 7) is 3.76. The van der Waals surface area contributed by atoms with Crippen LogP contribution in [0.2, 0.25) is 0 Å². The third-order valence-corrected chi connectivity index (χ3v) is 2.68. The number of carbonyl (C=O) groups is 1. The van der Waals surface area contributed by atoms with Crippen molar-refractivity contribution >= 4 is 5.91 Å². The number of rotatable bonds is 3. The molecular formula is C14H16FN3O. The number of nitrogens with zero attached hydrogens (tertiary/aromatic N) is 2. The molecule has 0 atom stereocenters. The molecule has 5 heteroatoms. The fourth-order valence-corrected chi connectivity index (χ4v) is 1.82. The SMILES string of the molecule is CC(C)NC(=O)c1cc(-c2ccccc2F)nn1C. The molecule has 0 saturated carbocycles. The predicted molar refractivity (Wildman–Crippen MR) is 71.2 cm³/mol. The van der Waals surface area contributed by atoms with Crippen molar-refractivity contribution in [2.24, 2.45) is 7.05 Å². The number of halogens is 1. The molecular weight excluding hydrogens is 245 g/mol. The second-order valence-corrected chi connectivity index (χ2v) is 4.65. The summed E-state index contributed by atoms with van der Waals surface area (Å²) in [7, 11) is 1.67. The first kappa shape index (κ1) is 13.3. The smallest absolute Gasteiger partial charge is 0.269 e. The van der Waals surface area contributed by atoms with E-state index in [1.165, 1.54) is 10.7 Å². The standard InChI is InChI=1S/C14H16FN3O/c1-9(2)16-14(19)13-8-12(17-18(13)3)10-6-4-5-7-11(10)15/h4-9H,1-3H3,(H,16,19). The molecule has 1 heterocycles. The minimum Gasteiger partial charge on any atom is -0.349 e. The molecule has 1 amide bonds. The minimum absolute atomic E-state index is 0.0410. The number of amides is 1. The van der Waals surface area contributed by atoms with E-state index in [1.807, 2.05) is 13.8 Å². The Bertz CT molecular complexity index is 604. The number of hydrogen-bond acceptors (Lipinski definition) is 2. The molecule has 0 bridgehead atoms. The molecule has 0 saturated heterocycles. The van der Waals surface area contributed by atoms with Crippen molar-refractivity contribution in [2.75, 3.05) is 0 Å². The Kier molecular flexibility index (Phi) is 3.64. The summed E-state index contributed by atoms with van der Waals surface area (Å²) in [5, 5.41) is 6.97. The van der Waals surface area contributed by atoms with Gasteiger partial charge in [-0.2, -0.15) is 5.10 Å². The van der Waals surface area contributed by atoms with Gasteiger partial charge in [-0.3, -0.25) is 9.48 Å². The molecule has 0 aliphatic heterocycles. The highest BCUT2D eigenvalue weighted by atomic mass is 19.1. The average molecular weight is 261 g/mol. The highest BCUT2D eigenvalue weighted by Gasteiger charge is 2.16. The monoisotopic (exact) mass is 261 g/mol. The molecule has 1 aromatic heterocycles. The minimum atomic E-state index is -0.351. The fraction of sp³-hybridized carbons (Fsp3) is 0.286. The van der Waals surface area contributed by atoms with E-state index >= 15 is 0 Å². The van der Waals surface area contributed by atoms with E-state index in [1.54, 1.807) is 31.3 Å². The summed E-state index contributed by atoms with van der Waals surface area (Å²) >= 11 is 0. The van der Waals surface area contributed by atoms with Crippen molar-refractivity contribution in [3.05, 3.63) is 41.8 Å². The van der Waals surface area contributed by atoms with Crippen molar-refractivity contribution < 1.29 is 9.18 Å². The molecule has 4 nitrogen and oxygen atoms in total. The Balaban J connectivity index is 2.37. The quantitative estimate of drug-likeness (QED) is 0.922. The van der Waals surface area contributed by atoms with Crippen LogP contribution < -0.4 is 5.32 Å². The summed E-state index contributed by atoms with van der Waals surface area (Å²) < 4.78 is 15.1. The van der Waals surface area contributed by atoms with Crippen molar-refractivity contribution in [3.63, 3.8) is 0 Å². The molecule has 2 rings (SSSR count). The van der Waals surface area contributed by atoms with E-state index in [0.717, 1.165) is 0 Å². The molecule has 19 heavy (non-hydrogen) atoms. The van der Waals surface area contributed by atoms with E-state index in [0.29, 0.717) is 17.0 Å². The largest absolute Gasteiger partial charge is 0.349 e. The van der Waals surface area contributed by atoms with Crippen LogP contribution in [-0.4, -0.2) is 21.7 Å². The predicted octanol–water partition coefficient (Wildman–Crippen LogP) is 2.36. The summed E-state index contributed by atoms with van der Waals surface area (Å²) in [6, 6.07) is 8.00. The van der Waals surface area contributed by atoms with Crippen LogP contribution in [0, 0.1) is 5.82 Å². The molecule has 2 aromatic rings. The first-order valence-electron chi connectivity index (χ1n) is 6.09. The number of aromatic nitrogens is 2. The Labute approximate surface area is 111 Å². The van der Waals surface area contributed by atoms with Crippen LogP contribution in [0.15, 0.2) is 30.3 Å². The van der Waals surface area contributed by atoms with Crippen LogP contribution in [0.5, 0.6) is 0 Å². The van der Waals surface area contributed by atoms with E-state index in [4.69, 9.17) is 0 Å². The maximum Gasteiger partial charge on any atom is 0.269 e. The van der Waals surface area contributed by atoms with Crippen LogP contribution in [0.25, 0.3) is 11.3 Å². The van der Waals surface area contributed by atoms with Gasteiger partial charge in [0.25, 0.3) is 5.91 Å². The molecule has 0 aliphatic carbocycles.